The average molecular weight is 210 g/mol. The molecule has 0 bridgehead atoms. The quantitative estimate of drug-likeness (QED) is 0.688. The minimum Gasteiger partial charge on any atom is -0.475 e. The van der Waals surface area contributed by atoms with Gasteiger partial charge in [-0.15, -0.1) is 0 Å². The molecule has 5 heteroatoms. The Morgan fingerprint density at radius 1 is 1.73 bits per heavy atom. The second-order valence-corrected chi connectivity index (χ2v) is 4.10. The van der Waals surface area contributed by atoms with Crippen molar-refractivity contribution in [2.24, 2.45) is 0 Å². The Bertz CT molecular complexity index is 395. The summed E-state index contributed by atoms with van der Waals surface area (Å²) in [5.41, 5.74) is 0.211. The van der Waals surface area contributed by atoms with Crippen molar-refractivity contribution in [2.45, 2.75) is 26.3 Å². The van der Waals surface area contributed by atoms with E-state index in [9.17, 15) is 4.79 Å². The predicted octanol–water partition coefficient (Wildman–Crippen LogP) is 1.19. The van der Waals surface area contributed by atoms with Crippen molar-refractivity contribution in [3.63, 3.8) is 0 Å². The van der Waals surface area contributed by atoms with E-state index in [-0.39, 0.29) is 11.5 Å². The smallest absolute Gasteiger partial charge is 0.345 e. The maximum atomic E-state index is 11.5. The van der Waals surface area contributed by atoms with Crippen molar-refractivity contribution in [1.29, 1.82) is 0 Å². The van der Waals surface area contributed by atoms with Crippen LogP contribution in [0.1, 0.15) is 31.1 Å². The molecule has 0 unspecified atom stereocenters. The number of nitrogens with zero attached hydrogens (tertiary/aromatic N) is 2. The molecule has 15 heavy (non-hydrogen) atoms. The normalized spacial score (nSPS) is 17.0. The summed E-state index contributed by atoms with van der Waals surface area (Å²) in [6.07, 6.45) is 1.49. The van der Waals surface area contributed by atoms with Gasteiger partial charge in [0.05, 0.1) is 18.3 Å². The van der Waals surface area contributed by atoms with Crippen LogP contribution in [0.25, 0.3) is 0 Å². The molecule has 2 heterocycles. The Labute approximate surface area is 88.0 Å². The zero-order valence-corrected chi connectivity index (χ0v) is 9.11. The third-order valence-corrected chi connectivity index (χ3v) is 2.36. The van der Waals surface area contributed by atoms with E-state index in [0.717, 1.165) is 0 Å². The number of fused-ring (bicyclic) bond motifs is 1. The Hall–Kier alpha value is -1.52. The number of hydrogen-bond acceptors (Lipinski definition) is 4. The molecule has 1 aliphatic rings. The maximum absolute atomic E-state index is 11.5. The second kappa shape index (κ2) is 3.25. The SMILES string of the molecule is CCOC(=O)c1cnn2c1OCC2(C)C. The molecule has 1 aliphatic heterocycles. The molecule has 5 nitrogen and oxygen atoms in total. The summed E-state index contributed by atoms with van der Waals surface area (Å²) in [5, 5.41) is 4.14. The van der Waals surface area contributed by atoms with Gasteiger partial charge < -0.3 is 9.47 Å². The number of esters is 1. The van der Waals surface area contributed by atoms with Crippen molar-refractivity contribution >= 4 is 5.97 Å². The molecule has 1 aromatic heterocycles. The monoisotopic (exact) mass is 210 g/mol. The largest absolute Gasteiger partial charge is 0.475 e. The molecule has 0 saturated heterocycles. The molecule has 0 saturated carbocycles. The summed E-state index contributed by atoms with van der Waals surface area (Å²) in [6, 6.07) is 0. The van der Waals surface area contributed by atoms with Gasteiger partial charge in [-0.25, -0.2) is 9.48 Å². The molecular formula is C10H14N2O3. The van der Waals surface area contributed by atoms with E-state index in [1.54, 1.807) is 11.6 Å². The predicted molar refractivity (Wildman–Crippen MR) is 53.0 cm³/mol. The molecule has 2 rings (SSSR count). The first kappa shape index (κ1) is 10.0. The van der Waals surface area contributed by atoms with E-state index in [1.807, 2.05) is 13.8 Å². The lowest BCUT2D eigenvalue weighted by Crippen LogP contribution is -2.26. The molecule has 0 amide bonds. The van der Waals surface area contributed by atoms with Gasteiger partial charge in [0.2, 0.25) is 5.88 Å². The van der Waals surface area contributed by atoms with Crippen LogP contribution in [-0.2, 0) is 10.3 Å². The molecule has 0 atom stereocenters. The van der Waals surface area contributed by atoms with Crippen molar-refractivity contribution in [2.75, 3.05) is 13.2 Å². The van der Waals surface area contributed by atoms with Crippen LogP contribution in [0.5, 0.6) is 5.88 Å². The number of carbonyl (C=O) groups is 1. The highest BCUT2D eigenvalue weighted by Gasteiger charge is 2.36. The lowest BCUT2D eigenvalue weighted by molar-refractivity contribution is 0.0522. The van der Waals surface area contributed by atoms with E-state index in [1.165, 1.54) is 6.20 Å². The fraction of sp³-hybridized carbons (Fsp3) is 0.600. The van der Waals surface area contributed by atoms with Crippen LogP contribution >= 0.6 is 0 Å². The van der Waals surface area contributed by atoms with Gasteiger partial charge >= 0.3 is 5.97 Å². The molecule has 1 aromatic rings. The molecular weight excluding hydrogens is 196 g/mol. The highest BCUT2D eigenvalue weighted by atomic mass is 16.5. The molecule has 0 N–H and O–H groups in total. The molecule has 0 radical (unpaired) electrons. The van der Waals surface area contributed by atoms with Gasteiger partial charge in [0.1, 0.15) is 12.2 Å². The third-order valence-electron chi connectivity index (χ3n) is 2.36. The number of rotatable bonds is 2. The number of hydrogen-bond donors (Lipinski definition) is 0. The highest BCUT2D eigenvalue weighted by Crippen LogP contribution is 2.32. The molecule has 0 spiro atoms. The van der Waals surface area contributed by atoms with Gasteiger partial charge in [-0.1, -0.05) is 0 Å². The van der Waals surface area contributed by atoms with Crippen LogP contribution in [0.15, 0.2) is 6.20 Å². The van der Waals surface area contributed by atoms with Gasteiger partial charge in [-0.2, -0.15) is 5.10 Å². The van der Waals surface area contributed by atoms with Gasteiger partial charge in [0.15, 0.2) is 0 Å². The Morgan fingerprint density at radius 3 is 3.13 bits per heavy atom. The molecule has 0 fully saturated rings. The summed E-state index contributed by atoms with van der Waals surface area (Å²) in [4.78, 5) is 11.5. The van der Waals surface area contributed by atoms with Crippen LogP contribution in [0.2, 0.25) is 0 Å². The Kier molecular flexibility index (Phi) is 2.17. The zero-order valence-electron chi connectivity index (χ0n) is 9.11. The topological polar surface area (TPSA) is 53.3 Å². The number of ether oxygens (including phenoxy) is 2. The van der Waals surface area contributed by atoms with Crippen LogP contribution in [0.4, 0.5) is 0 Å². The van der Waals surface area contributed by atoms with E-state index in [2.05, 4.69) is 5.10 Å². The van der Waals surface area contributed by atoms with Crippen molar-refractivity contribution in [1.82, 2.24) is 9.78 Å². The van der Waals surface area contributed by atoms with Crippen molar-refractivity contribution in [3.8, 4) is 5.88 Å². The van der Waals surface area contributed by atoms with E-state index in [0.29, 0.717) is 24.7 Å². The fourth-order valence-corrected chi connectivity index (χ4v) is 1.56. The maximum Gasteiger partial charge on any atom is 0.345 e. The van der Waals surface area contributed by atoms with Gasteiger partial charge in [-0.3, -0.25) is 0 Å². The third kappa shape index (κ3) is 1.48. The first-order valence-electron chi connectivity index (χ1n) is 4.94. The first-order valence-corrected chi connectivity index (χ1v) is 4.94. The fourth-order valence-electron chi connectivity index (χ4n) is 1.56. The van der Waals surface area contributed by atoms with E-state index < -0.39 is 0 Å². The summed E-state index contributed by atoms with van der Waals surface area (Å²) >= 11 is 0. The van der Waals surface area contributed by atoms with E-state index >= 15 is 0 Å². The molecule has 0 aromatic carbocycles. The van der Waals surface area contributed by atoms with Gasteiger partial charge in [-0.05, 0) is 20.8 Å². The highest BCUT2D eigenvalue weighted by molar-refractivity contribution is 5.91. The van der Waals surface area contributed by atoms with E-state index in [4.69, 9.17) is 9.47 Å². The summed E-state index contributed by atoms with van der Waals surface area (Å²) in [7, 11) is 0. The lowest BCUT2D eigenvalue weighted by Gasteiger charge is -2.14. The van der Waals surface area contributed by atoms with Crippen LogP contribution in [-0.4, -0.2) is 29.0 Å². The molecule has 0 aliphatic carbocycles. The second-order valence-electron chi connectivity index (χ2n) is 4.10. The summed E-state index contributed by atoms with van der Waals surface area (Å²) < 4.78 is 12.1. The van der Waals surface area contributed by atoms with Crippen LogP contribution in [0, 0.1) is 0 Å². The van der Waals surface area contributed by atoms with Gasteiger partial charge in [0, 0.05) is 0 Å². The minimum absolute atomic E-state index is 0.194. The summed E-state index contributed by atoms with van der Waals surface area (Å²) in [6.45, 7) is 6.67. The zero-order chi connectivity index (χ0) is 11.1. The standard InChI is InChI=1S/C10H14N2O3/c1-4-14-9(13)7-5-11-12-8(7)15-6-10(12,2)3/h5H,4,6H2,1-3H3. The molecule has 82 valence electrons. The van der Waals surface area contributed by atoms with Crippen molar-refractivity contribution in [3.05, 3.63) is 11.8 Å². The van der Waals surface area contributed by atoms with Gasteiger partial charge in [0.25, 0.3) is 0 Å². The van der Waals surface area contributed by atoms with Crippen molar-refractivity contribution < 1.29 is 14.3 Å². The summed E-state index contributed by atoms with van der Waals surface area (Å²) in [5.74, 6) is 0.134. The number of carbonyl (C=O) groups excluding carboxylic acids is 1. The Morgan fingerprint density at radius 2 is 2.47 bits per heavy atom. The minimum atomic E-state index is -0.378. The van der Waals surface area contributed by atoms with Crippen LogP contribution < -0.4 is 4.74 Å². The lowest BCUT2D eigenvalue weighted by atomic mass is 10.1. The Balaban J connectivity index is 2.34. The average Bonchev–Trinajstić information content (AvgIpc) is 2.69. The first-order chi connectivity index (χ1) is 7.06. The van der Waals surface area contributed by atoms with Crippen LogP contribution in [0.3, 0.4) is 0 Å². The number of aromatic nitrogens is 2.